The van der Waals surface area contributed by atoms with Crippen LogP contribution >= 0.6 is 22.9 Å². The van der Waals surface area contributed by atoms with Crippen molar-refractivity contribution in [3.63, 3.8) is 0 Å². The summed E-state index contributed by atoms with van der Waals surface area (Å²) in [5.74, 6) is 0. The molecule has 0 saturated carbocycles. The molecule has 3 heterocycles. The molecule has 29 heavy (non-hydrogen) atoms. The molecular formula is C23H24ClN3OS. The third-order valence-corrected chi connectivity index (χ3v) is 7.76. The largest absolute Gasteiger partial charge is 0.322 e. The Hall–Kier alpha value is -2.24. The fourth-order valence-electron chi connectivity index (χ4n) is 4.52. The number of anilines is 1. The smallest absolute Gasteiger partial charge is 0.312 e. The Labute approximate surface area is 180 Å². The Bertz CT molecular complexity index is 1100. The number of amides is 2. The lowest BCUT2D eigenvalue weighted by atomic mass is 9.95. The second-order valence-electron chi connectivity index (χ2n) is 8.01. The maximum absolute atomic E-state index is 13.3. The van der Waals surface area contributed by atoms with Crippen LogP contribution in [-0.2, 0) is 19.4 Å². The lowest BCUT2D eigenvalue weighted by Gasteiger charge is -2.28. The van der Waals surface area contributed by atoms with Gasteiger partial charge in [0.25, 0.3) is 0 Å². The molecule has 5 rings (SSSR count). The topological polar surface area (TPSA) is 37.3 Å². The summed E-state index contributed by atoms with van der Waals surface area (Å²) in [7, 11) is 0. The van der Waals surface area contributed by atoms with Crippen molar-refractivity contribution in [3.8, 4) is 5.00 Å². The van der Waals surface area contributed by atoms with Gasteiger partial charge in [-0.15, -0.1) is 11.3 Å². The molecule has 150 valence electrons. The monoisotopic (exact) mass is 425 g/mol. The number of urea groups is 1. The van der Waals surface area contributed by atoms with Crippen LogP contribution in [0.2, 0.25) is 5.02 Å². The third-order valence-electron chi connectivity index (χ3n) is 6.11. The van der Waals surface area contributed by atoms with Crippen molar-refractivity contribution in [2.45, 2.75) is 52.1 Å². The van der Waals surface area contributed by atoms with Crippen LogP contribution in [0.1, 0.15) is 53.1 Å². The van der Waals surface area contributed by atoms with Gasteiger partial charge < -0.3 is 14.8 Å². The Morgan fingerprint density at radius 2 is 2.03 bits per heavy atom. The lowest BCUT2D eigenvalue weighted by molar-refractivity contribution is 0.189. The lowest BCUT2D eigenvalue weighted by Crippen LogP contribution is -2.36. The zero-order valence-electron chi connectivity index (χ0n) is 16.7. The molecule has 0 radical (unpaired) electrons. The van der Waals surface area contributed by atoms with Gasteiger partial charge in [0.05, 0.1) is 23.3 Å². The summed E-state index contributed by atoms with van der Waals surface area (Å²) in [6, 6.07) is 9.77. The molecule has 2 amide bonds. The number of nitrogens with zero attached hydrogens (tertiary/aromatic N) is 2. The summed E-state index contributed by atoms with van der Waals surface area (Å²) < 4.78 is 2.29. The van der Waals surface area contributed by atoms with Crippen LogP contribution in [0.25, 0.3) is 5.00 Å². The predicted octanol–water partition coefficient (Wildman–Crippen LogP) is 6.49. The van der Waals surface area contributed by atoms with Crippen LogP contribution in [0, 0.1) is 6.92 Å². The normalized spacial score (nSPS) is 17.9. The summed E-state index contributed by atoms with van der Waals surface area (Å²) in [5.41, 5.74) is 5.66. The zero-order valence-corrected chi connectivity index (χ0v) is 18.2. The molecule has 0 unspecified atom stereocenters. The number of aryl methyl sites for hydroxylation is 2. The maximum atomic E-state index is 13.3. The average molecular weight is 426 g/mol. The Balaban J connectivity index is 1.54. The zero-order chi connectivity index (χ0) is 20.1. The van der Waals surface area contributed by atoms with Crippen LogP contribution in [0.5, 0.6) is 0 Å². The summed E-state index contributed by atoms with van der Waals surface area (Å²) >= 11 is 8.27. The minimum Gasteiger partial charge on any atom is -0.312 e. The standard InChI is InChI=1S/C23H24ClN3OS/c1-14-9-10-19(18(24)12-14)25-23(28)27-13-17-16-6-3-4-8-21(16)29-22(17)26-11-5-7-20(26)15(27)2/h5,7,9-12,15H,3-4,6,8,13H2,1-2H3,(H,25,28)/t15-/m0/s1. The Kier molecular flexibility index (Phi) is 4.67. The van der Waals surface area contributed by atoms with Gasteiger partial charge >= 0.3 is 6.03 Å². The van der Waals surface area contributed by atoms with E-state index < -0.39 is 0 Å². The first kappa shape index (κ1) is 18.8. The quantitative estimate of drug-likeness (QED) is 0.475. The number of carbonyl (C=O) groups is 1. The van der Waals surface area contributed by atoms with E-state index in [9.17, 15) is 4.79 Å². The van der Waals surface area contributed by atoms with Crippen LogP contribution in [0.15, 0.2) is 36.5 Å². The van der Waals surface area contributed by atoms with Gasteiger partial charge in [0.1, 0.15) is 5.00 Å². The minimum absolute atomic E-state index is 0.0342. The van der Waals surface area contributed by atoms with Gasteiger partial charge in [0.2, 0.25) is 0 Å². The number of fused-ring (bicyclic) bond motifs is 5. The first-order valence-corrected chi connectivity index (χ1v) is 11.4. The molecule has 0 saturated heterocycles. The van der Waals surface area contributed by atoms with Gasteiger partial charge in [-0.05, 0) is 74.9 Å². The van der Waals surface area contributed by atoms with Crippen molar-refractivity contribution in [3.05, 3.63) is 68.8 Å². The molecule has 0 bridgehead atoms. The van der Waals surface area contributed by atoms with E-state index in [4.69, 9.17) is 11.6 Å². The predicted molar refractivity (Wildman–Crippen MR) is 119 cm³/mol. The molecule has 1 aliphatic carbocycles. The minimum atomic E-state index is -0.111. The van der Waals surface area contributed by atoms with Gasteiger partial charge in [-0.2, -0.15) is 0 Å². The summed E-state index contributed by atoms with van der Waals surface area (Å²) in [6.07, 6.45) is 6.90. The highest BCUT2D eigenvalue weighted by Gasteiger charge is 2.33. The molecule has 1 N–H and O–H groups in total. The van der Waals surface area contributed by atoms with Crippen molar-refractivity contribution in [1.29, 1.82) is 0 Å². The molecule has 4 nitrogen and oxygen atoms in total. The highest BCUT2D eigenvalue weighted by molar-refractivity contribution is 7.15. The number of carbonyl (C=O) groups excluding carboxylic acids is 1. The molecule has 6 heteroatoms. The van der Waals surface area contributed by atoms with Crippen molar-refractivity contribution in [2.75, 3.05) is 5.32 Å². The molecule has 0 spiro atoms. The molecule has 3 aromatic rings. The van der Waals surface area contributed by atoms with E-state index >= 15 is 0 Å². The SMILES string of the molecule is Cc1ccc(NC(=O)N2Cc3c(sc4c3CCCC4)-n3cccc3[C@@H]2C)c(Cl)c1. The van der Waals surface area contributed by atoms with E-state index in [2.05, 4.69) is 35.1 Å². The third kappa shape index (κ3) is 3.17. The summed E-state index contributed by atoms with van der Waals surface area (Å²) in [4.78, 5) is 16.8. The van der Waals surface area contributed by atoms with Crippen molar-refractivity contribution < 1.29 is 4.79 Å². The molecule has 1 aromatic carbocycles. The number of halogens is 1. The van der Waals surface area contributed by atoms with E-state index in [1.165, 1.54) is 33.8 Å². The number of hydrogen-bond donors (Lipinski definition) is 1. The average Bonchev–Trinajstić information content (AvgIpc) is 3.30. The number of aromatic nitrogens is 1. The van der Waals surface area contributed by atoms with Crippen LogP contribution < -0.4 is 5.32 Å². The number of thiophene rings is 1. The number of benzene rings is 1. The Morgan fingerprint density at radius 1 is 1.21 bits per heavy atom. The molecule has 0 fully saturated rings. The van der Waals surface area contributed by atoms with E-state index in [1.807, 2.05) is 41.4 Å². The van der Waals surface area contributed by atoms with Crippen LogP contribution in [0.4, 0.5) is 10.5 Å². The van der Waals surface area contributed by atoms with Crippen molar-refractivity contribution in [2.24, 2.45) is 0 Å². The first-order valence-electron chi connectivity index (χ1n) is 10.2. The molecule has 1 atom stereocenters. The van der Waals surface area contributed by atoms with Gasteiger partial charge in [0.15, 0.2) is 0 Å². The van der Waals surface area contributed by atoms with Crippen molar-refractivity contribution in [1.82, 2.24) is 9.47 Å². The van der Waals surface area contributed by atoms with E-state index in [1.54, 1.807) is 0 Å². The highest BCUT2D eigenvalue weighted by Crippen LogP contribution is 2.42. The summed E-state index contributed by atoms with van der Waals surface area (Å²) in [5, 5.41) is 4.89. The molecule has 2 aromatic heterocycles. The van der Waals surface area contributed by atoms with Gasteiger partial charge in [-0.3, -0.25) is 0 Å². The van der Waals surface area contributed by atoms with Crippen LogP contribution in [0.3, 0.4) is 0 Å². The van der Waals surface area contributed by atoms with Crippen molar-refractivity contribution >= 4 is 34.7 Å². The number of hydrogen-bond acceptors (Lipinski definition) is 2. The molecule has 2 aliphatic rings. The van der Waals surface area contributed by atoms with E-state index in [-0.39, 0.29) is 12.1 Å². The van der Waals surface area contributed by atoms with E-state index in [0.29, 0.717) is 17.3 Å². The van der Waals surface area contributed by atoms with E-state index in [0.717, 1.165) is 24.1 Å². The molecule has 1 aliphatic heterocycles. The second kappa shape index (κ2) is 7.22. The number of rotatable bonds is 1. The fourth-order valence-corrected chi connectivity index (χ4v) is 6.20. The number of nitrogens with one attached hydrogen (secondary N) is 1. The van der Waals surface area contributed by atoms with Gasteiger partial charge in [0, 0.05) is 22.3 Å². The van der Waals surface area contributed by atoms with Crippen LogP contribution in [-0.4, -0.2) is 15.5 Å². The maximum Gasteiger partial charge on any atom is 0.322 e. The fraction of sp³-hybridized carbons (Fsp3) is 0.348. The Morgan fingerprint density at radius 3 is 2.86 bits per heavy atom. The summed E-state index contributed by atoms with van der Waals surface area (Å²) in [6.45, 7) is 4.72. The van der Waals surface area contributed by atoms with Gasteiger partial charge in [-0.25, -0.2) is 4.79 Å². The van der Waals surface area contributed by atoms with Gasteiger partial charge in [-0.1, -0.05) is 17.7 Å². The first-order chi connectivity index (χ1) is 14.0. The molecular weight excluding hydrogens is 402 g/mol. The highest BCUT2D eigenvalue weighted by atomic mass is 35.5. The second-order valence-corrected chi connectivity index (χ2v) is 9.51.